The van der Waals surface area contributed by atoms with Crippen molar-refractivity contribution in [2.45, 2.75) is 38.4 Å². The van der Waals surface area contributed by atoms with E-state index in [0.29, 0.717) is 6.54 Å². The highest BCUT2D eigenvalue weighted by Gasteiger charge is 2.31. The number of benzene rings is 2. The molecule has 0 spiro atoms. The number of rotatable bonds is 6. The third kappa shape index (κ3) is 4.71. The van der Waals surface area contributed by atoms with E-state index in [-0.39, 0.29) is 29.4 Å². The molecule has 1 fully saturated rings. The predicted molar refractivity (Wildman–Crippen MR) is 99.8 cm³/mol. The van der Waals surface area contributed by atoms with Gasteiger partial charge in [0, 0.05) is 6.54 Å². The topological polar surface area (TPSA) is 69.6 Å². The molecule has 5 nitrogen and oxygen atoms in total. The average Bonchev–Trinajstić information content (AvgIpc) is 3.10. The zero-order chi connectivity index (χ0) is 19.4. The van der Waals surface area contributed by atoms with E-state index in [9.17, 15) is 14.0 Å². The first-order valence-corrected chi connectivity index (χ1v) is 9.06. The van der Waals surface area contributed by atoms with Gasteiger partial charge in [0.1, 0.15) is 5.82 Å². The average molecular weight is 370 g/mol. The van der Waals surface area contributed by atoms with Crippen LogP contribution in [0.25, 0.3) is 0 Å². The van der Waals surface area contributed by atoms with Gasteiger partial charge in [-0.1, -0.05) is 24.3 Å². The molecular formula is C21H23FN2O3. The fourth-order valence-electron chi connectivity index (χ4n) is 3.49. The van der Waals surface area contributed by atoms with Gasteiger partial charge in [-0.2, -0.15) is 0 Å². The van der Waals surface area contributed by atoms with Crippen molar-refractivity contribution in [1.29, 1.82) is 0 Å². The predicted octanol–water partition coefficient (Wildman–Crippen LogP) is 3.37. The molecule has 0 saturated carbocycles. The summed E-state index contributed by atoms with van der Waals surface area (Å²) in [4.78, 5) is 25.8. The maximum absolute atomic E-state index is 13.4. The van der Waals surface area contributed by atoms with Crippen LogP contribution in [0.5, 0.6) is 0 Å². The van der Waals surface area contributed by atoms with Crippen molar-refractivity contribution >= 4 is 11.9 Å². The Balaban J connectivity index is 1.62. The number of aromatic carboxylic acids is 1. The molecule has 1 aliphatic rings. The molecular weight excluding hydrogens is 347 g/mol. The molecule has 2 aromatic rings. The van der Waals surface area contributed by atoms with Crippen LogP contribution in [0, 0.1) is 5.82 Å². The molecule has 0 bridgehead atoms. The largest absolute Gasteiger partial charge is 0.478 e. The Morgan fingerprint density at radius 1 is 1.26 bits per heavy atom. The van der Waals surface area contributed by atoms with Crippen molar-refractivity contribution in [3.05, 3.63) is 71.0 Å². The smallest absolute Gasteiger partial charge is 0.335 e. The van der Waals surface area contributed by atoms with Crippen LogP contribution in [-0.4, -0.2) is 34.5 Å². The van der Waals surface area contributed by atoms with E-state index in [1.807, 2.05) is 13.0 Å². The lowest BCUT2D eigenvalue weighted by Gasteiger charge is -2.25. The monoisotopic (exact) mass is 370 g/mol. The lowest BCUT2D eigenvalue weighted by atomic mass is 10.1. The van der Waals surface area contributed by atoms with Crippen molar-refractivity contribution in [2.75, 3.05) is 6.54 Å². The molecule has 0 aliphatic carbocycles. The number of nitrogens with one attached hydrogen (secondary N) is 1. The van der Waals surface area contributed by atoms with E-state index in [1.54, 1.807) is 18.2 Å². The zero-order valence-corrected chi connectivity index (χ0v) is 15.2. The first-order valence-electron chi connectivity index (χ1n) is 9.06. The molecule has 142 valence electrons. The second-order valence-electron chi connectivity index (χ2n) is 6.92. The Bertz CT molecular complexity index is 822. The minimum atomic E-state index is -0.975. The van der Waals surface area contributed by atoms with Gasteiger partial charge in [0.15, 0.2) is 0 Å². The Morgan fingerprint density at radius 3 is 2.67 bits per heavy atom. The van der Waals surface area contributed by atoms with Gasteiger partial charge in [0.05, 0.1) is 17.6 Å². The lowest BCUT2D eigenvalue weighted by Crippen LogP contribution is -2.43. The number of carbonyl (C=O) groups is 2. The van der Waals surface area contributed by atoms with Crippen molar-refractivity contribution in [1.82, 2.24) is 10.2 Å². The number of carboxylic acid groups (broad SMARTS) is 1. The summed E-state index contributed by atoms with van der Waals surface area (Å²) in [6.45, 7) is 3.22. The van der Waals surface area contributed by atoms with Gasteiger partial charge in [-0.3, -0.25) is 9.69 Å². The zero-order valence-electron chi connectivity index (χ0n) is 15.2. The van der Waals surface area contributed by atoms with Crippen molar-refractivity contribution < 1.29 is 19.1 Å². The second kappa shape index (κ2) is 8.31. The summed E-state index contributed by atoms with van der Waals surface area (Å²) >= 11 is 0. The van der Waals surface area contributed by atoms with Gasteiger partial charge < -0.3 is 10.4 Å². The molecule has 1 amide bonds. The number of halogens is 1. The first kappa shape index (κ1) is 19.0. The maximum atomic E-state index is 13.4. The molecule has 1 saturated heterocycles. The van der Waals surface area contributed by atoms with E-state index in [0.717, 1.165) is 30.5 Å². The highest BCUT2D eigenvalue weighted by molar-refractivity contribution is 5.87. The van der Waals surface area contributed by atoms with Crippen LogP contribution < -0.4 is 5.32 Å². The Kier molecular flexibility index (Phi) is 5.86. The van der Waals surface area contributed by atoms with E-state index in [4.69, 9.17) is 5.11 Å². The molecule has 3 rings (SSSR count). The Labute approximate surface area is 157 Å². The van der Waals surface area contributed by atoms with Crippen molar-refractivity contribution in [3.63, 3.8) is 0 Å². The number of carboxylic acids is 1. The summed E-state index contributed by atoms with van der Waals surface area (Å²) in [5, 5.41) is 12.0. The fourth-order valence-corrected chi connectivity index (χ4v) is 3.49. The summed E-state index contributed by atoms with van der Waals surface area (Å²) in [6, 6.07) is 12.5. The maximum Gasteiger partial charge on any atom is 0.335 e. The summed E-state index contributed by atoms with van der Waals surface area (Å²) in [5.41, 5.74) is 1.92. The van der Waals surface area contributed by atoms with Gasteiger partial charge in [0.2, 0.25) is 5.91 Å². The molecule has 2 N–H and O–H groups in total. The van der Waals surface area contributed by atoms with Crippen LogP contribution in [0.2, 0.25) is 0 Å². The minimum Gasteiger partial charge on any atom is -0.478 e. The Morgan fingerprint density at radius 2 is 2.00 bits per heavy atom. The number of likely N-dealkylation sites (tertiary alicyclic amines) is 1. The van der Waals surface area contributed by atoms with Crippen LogP contribution >= 0.6 is 0 Å². The van der Waals surface area contributed by atoms with Gasteiger partial charge in [-0.05, 0) is 61.7 Å². The number of hydrogen-bond acceptors (Lipinski definition) is 3. The third-order valence-electron chi connectivity index (χ3n) is 4.96. The number of carbonyl (C=O) groups excluding carboxylic acids is 1. The SMILES string of the molecule is C[C@H](NC(=O)C1CCCN1Cc1cccc(F)c1)c1ccc(C(=O)O)cc1. The molecule has 6 heteroatoms. The summed E-state index contributed by atoms with van der Waals surface area (Å²) in [5.74, 6) is -1.30. The van der Waals surface area contributed by atoms with Crippen LogP contribution in [0.4, 0.5) is 4.39 Å². The number of nitrogens with zero attached hydrogens (tertiary/aromatic N) is 1. The van der Waals surface area contributed by atoms with Crippen molar-refractivity contribution in [3.8, 4) is 0 Å². The minimum absolute atomic E-state index is 0.0567. The summed E-state index contributed by atoms with van der Waals surface area (Å²) in [6.07, 6.45) is 1.70. The summed E-state index contributed by atoms with van der Waals surface area (Å²) < 4.78 is 13.4. The highest BCUT2D eigenvalue weighted by atomic mass is 19.1. The quantitative estimate of drug-likeness (QED) is 0.818. The molecule has 1 heterocycles. The van der Waals surface area contributed by atoms with E-state index in [2.05, 4.69) is 10.2 Å². The Hall–Kier alpha value is -2.73. The molecule has 1 unspecified atom stereocenters. The molecule has 0 radical (unpaired) electrons. The summed E-state index contributed by atoms with van der Waals surface area (Å²) in [7, 11) is 0. The number of hydrogen-bond donors (Lipinski definition) is 2. The fraction of sp³-hybridized carbons (Fsp3) is 0.333. The van der Waals surface area contributed by atoms with Gasteiger partial charge in [-0.25, -0.2) is 9.18 Å². The van der Waals surface area contributed by atoms with Crippen LogP contribution in [0.15, 0.2) is 48.5 Å². The lowest BCUT2D eigenvalue weighted by molar-refractivity contribution is -0.126. The van der Waals surface area contributed by atoms with E-state index in [1.165, 1.54) is 24.3 Å². The van der Waals surface area contributed by atoms with E-state index < -0.39 is 5.97 Å². The normalized spacial score (nSPS) is 18.2. The standard InChI is InChI=1S/C21H23FN2O3/c1-14(16-7-9-17(10-8-16)21(26)27)23-20(25)19-6-3-11-24(19)13-15-4-2-5-18(22)12-15/h2,4-5,7-10,12,14,19H,3,6,11,13H2,1H3,(H,23,25)(H,26,27)/t14-,19?/m0/s1. The van der Waals surface area contributed by atoms with E-state index >= 15 is 0 Å². The molecule has 2 aromatic carbocycles. The molecule has 0 aromatic heterocycles. The van der Waals surface area contributed by atoms with Gasteiger partial charge in [-0.15, -0.1) is 0 Å². The van der Waals surface area contributed by atoms with Crippen LogP contribution in [0.1, 0.15) is 47.3 Å². The van der Waals surface area contributed by atoms with Gasteiger partial charge in [0.25, 0.3) is 0 Å². The van der Waals surface area contributed by atoms with Crippen LogP contribution in [0.3, 0.4) is 0 Å². The first-order chi connectivity index (χ1) is 12.9. The third-order valence-corrected chi connectivity index (χ3v) is 4.96. The van der Waals surface area contributed by atoms with Gasteiger partial charge >= 0.3 is 5.97 Å². The molecule has 2 atom stereocenters. The van der Waals surface area contributed by atoms with Crippen LogP contribution in [-0.2, 0) is 11.3 Å². The number of amides is 1. The van der Waals surface area contributed by atoms with Crippen molar-refractivity contribution in [2.24, 2.45) is 0 Å². The molecule has 1 aliphatic heterocycles. The highest BCUT2D eigenvalue weighted by Crippen LogP contribution is 2.22. The molecule has 27 heavy (non-hydrogen) atoms. The second-order valence-corrected chi connectivity index (χ2v) is 6.92.